The zero-order valence-corrected chi connectivity index (χ0v) is 18.7. The molecule has 2 aromatic carbocycles. The van der Waals surface area contributed by atoms with Crippen molar-refractivity contribution in [3.8, 4) is 11.4 Å². The summed E-state index contributed by atoms with van der Waals surface area (Å²) in [6.07, 6.45) is 2.79. The Bertz CT molecular complexity index is 999. The fourth-order valence-electron chi connectivity index (χ4n) is 3.04. The van der Waals surface area contributed by atoms with Gasteiger partial charge < -0.3 is 5.32 Å². The molecule has 1 amide bonds. The fourth-order valence-corrected chi connectivity index (χ4v) is 3.93. The molecule has 0 radical (unpaired) electrons. The molecule has 30 heavy (non-hydrogen) atoms. The molecule has 0 aliphatic carbocycles. The summed E-state index contributed by atoms with van der Waals surface area (Å²) < 4.78 is 1.95. The van der Waals surface area contributed by atoms with E-state index in [1.54, 1.807) is 6.08 Å². The zero-order valence-electron chi connectivity index (χ0n) is 17.1. The number of hydrogen-bond acceptors (Lipinski definition) is 4. The van der Waals surface area contributed by atoms with Crippen LogP contribution in [-0.2, 0) is 17.8 Å². The maximum absolute atomic E-state index is 12.5. The molecule has 1 atom stereocenters. The topological polar surface area (TPSA) is 59.8 Å². The van der Waals surface area contributed by atoms with Crippen molar-refractivity contribution in [1.82, 2.24) is 20.1 Å². The summed E-state index contributed by atoms with van der Waals surface area (Å²) in [5.41, 5.74) is 3.28. The Labute approximate surface area is 186 Å². The summed E-state index contributed by atoms with van der Waals surface area (Å²) in [5, 5.41) is 13.0. The Morgan fingerprint density at radius 3 is 2.53 bits per heavy atom. The van der Waals surface area contributed by atoms with Crippen LogP contribution < -0.4 is 5.32 Å². The molecule has 0 bridgehead atoms. The maximum Gasteiger partial charge on any atom is 0.230 e. The Morgan fingerprint density at radius 1 is 1.20 bits per heavy atom. The highest BCUT2D eigenvalue weighted by atomic mass is 35.5. The van der Waals surface area contributed by atoms with Gasteiger partial charge in [-0.15, -0.1) is 16.8 Å². The Morgan fingerprint density at radius 2 is 1.90 bits per heavy atom. The summed E-state index contributed by atoms with van der Waals surface area (Å²) in [5.74, 6) is 0.930. The van der Waals surface area contributed by atoms with Crippen LogP contribution in [0.25, 0.3) is 11.4 Å². The van der Waals surface area contributed by atoms with Gasteiger partial charge in [0.05, 0.1) is 11.8 Å². The van der Waals surface area contributed by atoms with Gasteiger partial charge in [0.1, 0.15) is 0 Å². The molecule has 1 heterocycles. The van der Waals surface area contributed by atoms with Crippen molar-refractivity contribution in [3.63, 3.8) is 0 Å². The molecular formula is C23H25ClN4OS. The van der Waals surface area contributed by atoms with Crippen molar-refractivity contribution >= 4 is 29.3 Å². The van der Waals surface area contributed by atoms with Crippen LogP contribution in [0.1, 0.15) is 31.0 Å². The van der Waals surface area contributed by atoms with Crippen LogP contribution >= 0.6 is 23.4 Å². The number of halogens is 1. The van der Waals surface area contributed by atoms with E-state index in [2.05, 4.69) is 53.3 Å². The van der Waals surface area contributed by atoms with Crippen molar-refractivity contribution in [2.24, 2.45) is 0 Å². The van der Waals surface area contributed by atoms with Gasteiger partial charge >= 0.3 is 0 Å². The first kappa shape index (κ1) is 22.1. The molecule has 0 saturated carbocycles. The van der Waals surface area contributed by atoms with Crippen LogP contribution in [0, 0.1) is 0 Å². The van der Waals surface area contributed by atoms with Gasteiger partial charge in [0.2, 0.25) is 5.91 Å². The lowest BCUT2D eigenvalue weighted by Gasteiger charge is -2.15. The molecule has 0 aliphatic heterocycles. The number of carbonyl (C=O) groups is 1. The Balaban J connectivity index is 1.65. The van der Waals surface area contributed by atoms with E-state index in [1.807, 2.05) is 35.8 Å². The Hall–Kier alpha value is -2.57. The van der Waals surface area contributed by atoms with E-state index >= 15 is 0 Å². The third-order valence-corrected chi connectivity index (χ3v) is 5.95. The van der Waals surface area contributed by atoms with Crippen LogP contribution in [0.2, 0.25) is 5.02 Å². The van der Waals surface area contributed by atoms with Gasteiger partial charge in [0, 0.05) is 17.1 Å². The van der Waals surface area contributed by atoms with Gasteiger partial charge in [-0.2, -0.15) is 0 Å². The van der Waals surface area contributed by atoms with Gasteiger partial charge in [-0.25, -0.2) is 0 Å². The normalized spacial score (nSPS) is 11.8. The first-order valence-electron chi connectivity index (χ1n) is 9.82. The highest BCUT2D eigenvalue weighted by molar-refractivity contribution is 7.99. The molecular weight excluding hydrogens is 416 g/mol. The molecule has 1 aromatic heterocycles. The van der Waals surface area contributed by atoms with E-state index in [0.717, 1.165) is 23.4 Å². The van der Waals surface area contributed by atoms with Crippen LogP contribution in [-0.4, -0.2) is 26.4 Å². The van der Waals surface area contributed by atoms with Crippen LogP contribution in [0.5, 0.6) is 0 Å². The number of nitrogens with zero attached hydrogens (tertiary/aromatic N) is 3. The lowest BCUT2D eigenvalue weighted by atomic mass is 10.1. The second kappa shape index (κ2) is 10.5. The third-order valence-electron chi connectivity index (χ3n) is 4.73. The SMILES string of the molecule is C=CCn1c(SCC(=O)NC(C)c2ccc(CC)cc2)nnc1-c1ccc(Cl)cc1. The summed E-state index contributed by atoms with van der Waals surface area (Å²) in [4.78, 5) is 12.5. The highest BCUT2D eigenvalue weighted by Gasteiger charge is 2.16. The molecule has 0 fully saturated rings. The van der Waals surface area contributed by atoms with E-state index in [1.165, 1.54) is 17.3 Å². The number of thioether (sulfide) groups is 1. The number of aromatic nitrogens is 3. The number of allylic oxidation sites excluding steroid dienone is 1. The number of benzene rings is 2. The number of aryl methyl sites for hydroxylation is 1. The first-order chi connectivity index (χ1) is 14.5. The quantitative estimate of drug-likeness (QED) is 0.361. The minimum atomic E-state index is -0.0559. The largest absolute Gasteiger partial charge is 0.349 e. The monoisotopic (exact) mass is 440 g/mol. The van der Waals surface area contributed by atoms with Crippen molar-refractivity contribution in [2.75, 3.05) is 5.75 Å². The number of hydrogen-bond donors (Lipinski definition) is 1. The molecule has 0 spiro atoms. The van der Waals surface area contributed by atoms with Crippen LogP contribution in [0.4, 0.5) is 0 Å². The van der Waals surface area contributed by atoms with E-state index in [-0.39, 0.29) is 17.7 Å². The lowest BCUT2D eigenvalue weighted by molar-refractivity contribution is -0.119. The molecule has 0 saturated heterocycles. The van der Waals surface area contributed by atoms with Crippen molar-refractivity contribution in [2.45, 2.75) is 38.0 Å². The van der Waals surface area contributed by atoms with E-state index in [4.69, 9.17) is 11.6 Å². The summed E-state index contributed by atoms with van der Waals surface area (Å²) in [6.45, 7) is 8.49. The average Bonchev–Trinajstić information content (AvgIpc) is 3.15. The molecule has 1 N–H and O–H groups in total. The number of carbonyl (C=O) groups excluding carboxylic acids is 1. The molecule has 1 unspecified atom stereocenters. The fraction of sp³-hybridized carbons (Fsp3) is 0.261. The average molecular weight is 441 g/mol. The van der Waals surface area contributed by atoms with E-state index < -0.39 is 0 Å². The predicted molar refractivity (Wildman–Crippen MR) is 124 cm³/mol. The van der Waals surface area contributed by atoms with Crippen LogP contribution in [0.15, 0.2) is 66.3 Å². The first-order valence-corrected chi connectivity index (χ1v) is 11.2. The van der Waals surface area contributed by atoms with Gasteiger partial charge in [-0.3, -0.25) is 9.36 Å². The second-order valence-electron chi connectivity index (χ2n) is 6.89. The van der Waals surface area contributed by atoms with Gasteiger partial charge in [-0.1, -0.05) is 60.6 Å². The predicted octanol–water partition coefficient (Wildman–Crippen LogP) is 5.32. The summed E-state index contributed by atoms with van der Waals surface area (Å²) in [6, 6.07) is 15.7. The third kappa shape index (κ3) is 5.52. The Kier molecular flexibility index (Phi) is 7.71. The minimum Gasteiger partial charge on any atom is -0.349 e. The smallest absolute Gasteiger partial charge is 0.230 e. The molecule has 7 heteroatoms. The zero-order chi connectivity index (χ0) is 21.5. The second-order valence-corrected chi connectivity index (χ2v) is 8.26. The minimum absolute atomic E-state index is 0.0479. The van der Waals surface area contributed by atoms with Crippen molar-refractivity contribution < 1.29 is 4.79 Å². The van der Waals surface area contributed by atoms with Gasteiger partial charge in [0.25, 0.3) is 0 Å². The molecule has 0 aliphatic rings. The molecule has 156 valence electrons. The maximum atomic E-state index is 12.5. The van der Waals surface area contributed by atoms with Gasteiger partial charge in [0.15, 0.2) is 11.0 Å². The lowest BCUT2D eigenvalue weighted by Crippen LogP contribution is -2.28. The number of nitrogens with one attached hydrogen (secondary N) is 1. The van der Waals surface area contributed by atoms with Crippen molar-refractivity contribution in [1.29, 1.82) is 0 Å². The van der Waals surface area contributed by atoms with E-state index in [0.29, 0.717) is 16.7 Å². The summed E-state index contributed by atoms with van der Waals surface area (Å²) in [7, 11) is 0. The van der Waals surface area contributed by atoms with E-state index in [9.17, 15) is 4.79 Å². The molecule has 3 aromatic rings. The molecule has 5 nitrogen and oxygen atoms in total. The van der Waals surface area contributed by atoms with Crippen LogP contribution in [0.3, 0.4) is 0 Å². The molecule has 3 rings (SSSR count). The number of amides is 1. The highest BCUT2D eigenvalue weighted by Crippen LogP contribution is 2.25. The standard InChI is InChI=1S/C23H25ClN4OS/c1-4-14-28-22(19-10-12-20(24)13-11-19)26-27-23(28)30-15-21(29)25-16(3)18-8-6-17(5-2)7-9-18/h4,6-13,16H,1,5,14-15H2,2-3H3,(H,25,29). The summed E-state index contributed by atoms with van der Waals surface area (Å²) >= 11 is 7.34. The van der Waals surface area contributed by atoms with Gasteiger partial charge in [-0.05, 0) is 48.7 Å². The van der Waals surface area contributed by atoms with Crippen molar-refractivity contribution in [3.05, 3.63) is 77.3 Å². The number of rotatable bonds is 9.